The molecule has 3 N–H and O–H groups in total. The summed E-state index contributed by atoms with van der Waals surface area (Å²) < 4.78 is 5.78. The number of nitrogens with zero attached hydrogens (tertiary/aromatic N) is 2. The van der Waals surface area contributed by atoms with Gasteiger partial charge in [-0.15, -0.1) is 0 Å². The fourth-order valence-electron chi connectivity index (χ4n) is 1.72. The average molecular weight is 244 g/mol. The molecule has 0 saturated carbocycles. The smallest absolute Gasteiger partial charge is 0.227 e. The largest absolute Gasteiger partial charge is 0.439 e. The molecule has 5 nitrogen and oxygen atoms in total. The van der Waals surface area contributed by atoms with E-state index in [9.17, 15) is 0 Å². The molecule has 0 radical (unpaired) electrons. The first kappa shape index (κ1) is 12.3. The molecule has 2 rings (SSSR count). The van der Waals surface area contributed by atoms with Crippen molar-refractivity contribution in [2.45, 2.75) is 20.3 Å². The average Bonchev–Trinajstić information content (AvgIpc) is 2.38. The first-order valence-corrected chi connectivity index (χ1v) is 5.79. The van der Waals surface area contributed by atoms with Crippen molar-refractivity contribution < 1.29 is 4.74 Å². The lowest BCUT2D eigenvalue weighted by atomic mass is 10.2. The van der Waals surface area contributed by atoms with Crippen molar-refractivity contribution in [1.82, 2.24) is 9.97 Å². The van der Waals surface area contributed by atoms with E-state index in [1.165, 1.54) is 6.33 Å². The minimum atomic E-state index is 0.533. The molecule has 0 bridgehead atoms. The van der Waals surface area contributed by atoms with Gasteiger partial charge in [-0.3, -0.25) is 0 Å². The summed E-state index contributed by atoms with van der Waals surface area (Å²) in [6.07, 6.45) is 2.17. The number of nitrogens with one attached hydrogen (secondary N) is 1. The van der Waals surface area contributed by atoms with Crippen LogP contribution < -0.4 is 16.0 Å². The second-order valence-electron chi connectivity index (χ2n) is 3.92. The molecule has 18 heavy (non-hydrogen) atoms. The van der Waals surface area contributed by atoms with Crippen LogP contribution in [0.4, 0.5) is 5.82 Å². The molecule has 0 saturated heterocycles. The van der Waals surface area contributed by atoms with Gasteiger partial charge in [0.05, 0.1) is 5.56 Å². The van der Waals surface area contributed by atoms with Gasteiger partial charge >= 0.3 is 0 Å². The zero-order valence-electron chi connectivity index (χ0n) is 10.5. The standard InChI is InChI=1S/C13H16N4O/c1-3-11-12(17-14)15-8-16-13(11)18-10-6-4-5-9(2)7-10/h4-8H,3,14H2,1-2H3,(H,15,16,17). The lowest BCUT2D eigenvalue weighted by molar-refractivity contribution is 0.455. The number of benzene rings is 1. The van der Waals surface area contributed by atoms with Crippen LogP contribution in [0, 0.1) is 6.92 Å². The SMILES string of the molecule is CCc1c(NN)ncnc1Oc1cccc(C)c1. The Hall–Kier alpha value is -2.14. The molecule has 0 spiro atoms. The van der Waals surface area contributed by atoms with E-state index in [4.69, 9.17) is 10.6 Å². The number of ether oxygens (including phenoxy) is 1. The highest BCUT2D eigenvalue weighted by atomic mass is 16.5. The summed E-state index contributed by atoms with van der Waals surface area (Å²) in [6, 6.07) is 7.81. The molecule has 0 atom stereocenters. The predicted molar refractivity (Wildman–Crippen MR) is 70.5 cm³/mol. The first-order valence-electron chi connectivity index (χ1n) is 5.79. The van der Waals surface area contributed by atoms with Crippen LogP contribution in [0.15, 0.2) is 30.6 Å². The van der Waals surface area contributed by atoms with E-state index in [-0.39, 0.29) is 0 Å². The number of nitrogens with two attached hydrogens (primary N) is 1. The van der Waals surface area contributed by atoms with E-state index in [1.54, 1.807) is 0 Å². The van der Waals surface area contributed by atoms with Gasteiger partial charge in [-0.2, -0.15) is 0 Å². The molecule has 1 aromatic heterocycles. The van der Waals surface area contributed by atoms with Gasteiger partial charge in [0.25, 0.3) is 0 Å². The number of aromatic nitrogens is 2. The molecule has 5 heteroatoms. The predicted octanol–water partition coefficient (Wildman–Crippen LogP) is 2.43. The van der Waals surface area contributed by atoms with E-state index in [2.05, 4.69) is 15.4 Å². The molecular formula is C13H16N4O. The van der Waals surface area contributed by atoms with E-state index in [0.717, 1.165) is 23.3 Å². The number of nitrogen functional groups attached to an aromatic ring is 1. The van der Waals surface area contributed by atoms with Crippen LogP contribution in [-0.4, -0.2) is 9.97 Å². The molecule has 2 aromatic rings. The van der Waals surface area contributed by atoms with E-state index in [1.807, 2.05) is 38.1 Å². The number of hydrazine groups is 1. The Morgan fingerprint density at radius 3 is 2.83 bits per heavy atom. The van der Waals surface area contributed by atoms with Gasteiger partial charge in [-0.1, -0.05) is 19.1 Å². The number of hydrogen-bond acceptors (Lipinski definition) is 5. The van der Waals surface area contributed by atoms with Crippen LogP contribution >= 0.6 is 0 Å². The van der Waals surface area contributed by atoms with Crippen LogP contribution in [0.1, 0.15) is 18.1 Å². The van der Waals surface area contributed by atoms with Crippen molar-refractivity contribution in [3.63, 3.8) is 0 Å². The normalized spacial score (nSPS) is 10.2. The van der Waals surface area contributed by atoms with Crippen molar-refractivity contribution in [2.75, 3.05) is 5.43 Å². The Bertz CT molecular complexity index is 542. The summed E-state index contributed by atoms with van der Waals surface area (Å²) >= 11 is 0. The molecule has 1 heterocycles. The van der Waals surface area contributed by atoms with Gasteiger partial charge in [-0.25, -0.2) is 15.8 Å². The molecule has 0 unspecified atom stereocenters. The topological polar surface area (TPSA) is 73.1 Å². The molecule has 1 aromatic carbocycles. The van der Waals surface area contributed by atoms with Crippen molar-refractivity contribution in [3.05, 3.63) is 41.7 Å². The third-order valence-corrected chi connectivity index (χ3v) is 2.60. The monoisotopic (exact) mass is 244 g/mol. The molecule has 0 fully saturated rings. The second kappa shape index (κ2) is 5.46. The van der Waals surface area contributed by atoms with Gasteiger partial charge < -0.3 is 10.2 Å². The van der Waals surface area contributed by atoms with Crippen molar-refractivity contribution in [3.8, 4) is 11.6 Å². The summed E-state index contributed by atoms with van der Waals surface area (Å²) in [6.45, 7) is 4.02. The highest BCUT2D eigenvalue weighted by Gasteiger charge is 2.10. The third kappa shape index (κ3) is 2.57. The Labute approximate surface area is 106 Å². The van der Waals surface area contributed by atoms with Crippen molar-refractivity contribution in [2.24, 2.45) is 5.84 Å². The van der Waals surface area contributed by atoms with Crippen molar-refractivity contribution >= 4 is 5.82 Å². The van der Waals surface area contributed by atoms with Crippen LogP contribution in [0.5, 0.6) is 11.6 Å². The fourth-order valence-corrected chi connectivity index (χ4v) is 1.72. The van der Waals surface area contributed by atoms with E-state index in [0.29, 0.717) is 11.7 Å². The zero-order chi connectivity index (χ0) is 13.0. The molecule has 0 aliphatic heterocycles. The maximum atomic E-state index is 5.78. The Balaban J connectivity index is 2.34. The van der Waals surface area contributed by atoms with Gasteiger partial charge in [0.2, 0.25) is 5.88 Å². The van der Waals surface area contributed by atoms with Gasteiger partial charge in [0.1, 0.15) is 17.9 Å². The Kier molecular flexibility index (Phi) is 3.74. The summed E-state index contributed by atoms with van der Waals surface area (Å²) in [5.41, 5.74) is 4.55. The van der Waals surface area contributed by atoms with Crippen LogP contribution in [0.3, 0.4) is 0 Å². The highest BCUT2D eigenvalue weighted by Crippen LogP contribution is 2.27. The van der Waals surface area contributed by atoms with Gasteiger partial charge in [0.15, 0.2) is 0 Å². The summed E-state index contributed by atoms with van der Waals surface area (Å²) in [7, 11) is 0. The zero-order valence-corrected chi connectivity index (χ0v) is 10.5. The molecule has 0 amide bonds. The lowest BCUT2D eigenvalue weighted by Crippen LogP contribution is -2.12. The first-order chi connectivity index (χ1) is 8.74. The maximum Gasteiger partial charge on any atom is 0.227 e. The summed E-state index contributed by atoms with van der Waals surface area (Å²) in [5.74, 6) is 7.30. The number of anilines is 1. The minimum Gasteiger partial charge on any atom is -0.439 e. The molecular weight excluding hydrogens is 228 g/mol. The summed E-state index contributed by atoms with van der Waals surface area (Å²) in [5, 5.41) is 0. The molecule has 94 valence electrons. The quantitative estimate of drug-likeness (QED) is 0.638. The third-order valence-electron chi connectivity index (χ3n) is 2.60. The minimum absolute atomic E-state index is 0.533. The second-order valence-corrected chi connectivity index (χ2v) is 3.92. The van der Waals surface area contributed by atoms with Crippen LogP contribution in [0.25, 0.3) is 0 Å². The number of hydrogen-bond donors (Lipinski definition) is 2. The van der Waals surface area contributed by atoms with E-state index >= 15 is 0 Å². The number of rotatable bonds is 4. The molecule has 0 aliphatic rings. The maximum absolute atomic E-state index is 5.78. The van der Waals surface area contributed by atoms with Crippen LogP contribution in [0.2, 0.25) is 0 Å². The van der Waals surface area contributed by atoms with Gasteiger partial charge in [-0.05, 0) is 31.0 Å². The molecule has 0 aliphatic carbocycles. The number of aryl methyl sites for hydroxylation is 1. The van der Waals surface area contributed by atoms with Crippen molar-refractivity contribution in [1.29, 1.82) is 0 Å². The van der Waals surface area contributed by atoms with Gasteiger partial charge in [0, 0.05) is 0 Å². The highest BCUT2D eigenvalue weighted by molar-refractivity contribution is 5.48. The fraction of sp³-hybridized carbons (Fsp3) is 0.231. The lowest BCUT2D eigenvalue weighted by Gasteiger charge is -2.11. The van der Waals surface area contributed by atoms with E-state index < -0.39 is 0 Å². The Morgan fingerprint density at radius 1 is 1.33 bits per heavy atom. The summed E-state index contributed by atoms with van der Waals surface area (Å²) in [4.78, 5) is 8.21. The van der Waals surface area contributed by atoms with Crippen LogP contribution in [-0.2, 0) is 6.42 Å². The Morgan fingerprint density at radius 2 is 2.17 bits per heavy atom.